The van der Waals surface area contributed by atoms with Gasteiger partial charge >= 0.3 is 0 Å². The summed E-state index contributed by atoms with van der Waals surface area (Å²) in [5.74, 6) is -1.38. The van der Waals surface area contributed by atoms with Gasteiger partial charge in [-0.25, -0.2) is 9.37 Å². The van der Waals surface area contributed by atoms with E-state index in [2.05, 4.69) is 15.0 Å². The second-order valence-corrected chi connectivity index (χ2v) is 7.95. The normalized spacial score (nSPS) is 12.5. The number of fused-ring (bicyclic) bond motifs is 1. The van der Waals surface area contributed by atoms with E-state index in [0.717, 1.165) is 6.07 Å². The fourth-order valence-electron chi connectivity index (χ4n) is 3.88. The zero-order valence-corrected chi connectivity index (χ0v) is 19.6. The van der Waals surface area contributed by atoms with Crippen LogP contribution in [0.3, 0.4) is 0 Å². The number of aliphatic hydroxyl groups is 2. The molecule has 6 nitrogen and oxygen atoms in total. The van der Waals surface area contributed by atoms with Crippen LogP contribution in [0.25, 0.3) is 22.4 Å². The number of rotatable bonds is 6. The van der Waals surface area contributed by atoms with Gasteiger partial charge in [0.05, 0.1) is 16.7 Å². The Morgan fingerprint density at radius 2 is 1.64 bits per heavy atom. The summed E-state index contributed by atoms with van der Waals surface area (Å²) in [5.41, 5.74) is 2.46. The second-order valence-electron chi connectivity index (χ2n) is 7.95. The topological polar surface area (TPSA) is 99.1 Å². The Labute approximate surface area is 212 Å². The van der Waals surface area contributed by atoms with Gasteiger partial charge in [0, 0.05) is 17.3 Å². The number of imidazole rings is 1. The van der Waals surface area contributed by atoms with Gasteiger partial charge in [-0.05, 0) is 48.0 Å². The highest BCUT2D eigenvalue weighted by Gasteiger charge is 2.24. The molecule has 180 valence electrons. The molecule has 1 atom stereocenters. The Morgan fingerprint density at radius 3 is 2.39 bits per heavy atom. The van der Waals surface area contributed by atoms with Gasteiger partial charge in [0.2, 0.25) is 5.78 Å². The van der Waals surface area contributed by atoms with Crippen LogP contribution in [-0.4, -0.2) is 30.9 Å². The first-order valence-electron chi connectivity index (χ1n) is 10.9. The number of nitrogens with zero attached hydrogens (tertiary/aromatic N) is 2. The lowest BCUT2D eigenvalue weighted by molar-refractivity contribution is 0.105. The molecule has 3 N–H and O–H groups in total. The summed E-state index contributed by atoms with van der Waals surface area (Å²) >= 11 is 0. The summed E-state index contributed by atoms with van der Waals surface area (Å²) in [4.78, 5) is 25.3. The predicted octanol–water partition coefficient (Wildman–Crippen LogP) is 5.91. The highest BCUT2D eigenvalue weighted by Crippen LogP contribution is 2.30. The molecule has 0 radical (unpaired) electrons. The molecule has 5 rings (SSSR count). The van der Waals surface area contributed by atoms with Crippen LogP contribution in [0.4, 0.5) is 4.39 Å². The standard InChI is InChI=1S/C28H20FN3O3.ClH/c29-20-10-6-9-19(16-20)27(35)24(28-31-21-11-1-2-12-22(21)32-28)26(34)18-8-5-7-17(15-18)25(33)23-13-3-4-14-30-23;/h1-16,25,33-34H,(H,31,32);1H/b26-24-;. The molecule has 0 aliphatic rings. The first-order valence-corrected chi connectivity index (χ1v) is 10.9. The average molecular weight is 502 g/mol. The molecule has 0 bridgehead atoms. The fourth-order valence-corrected chi connectivity index (χ4v) is 3.88. The lowest BCUT2D eigenvalue weighted by atomic mass is 9.96. The van der Waals surface area contributed by atoms with Crippen molar-refractivity contribution in [2.75, 3.05) is 0 Å². The van der Waals surface area contributed by atoms with Gasteiger partial charge in [0.1, 0.15) is 29.1 Å². The Hall–Kier alpha value is -4.33. The number of aromatic nitrogens is 3. The Morgan fingerprint density at radius 1 is 0.889 bits per heavy atom. The third-order valence-electron chi connectivity index (χ3n) is 5.62. The largest absolute Gasteiger partial charge is 0.506 e. The maximum atomic E-state index is 13.9. The Balaban J connectivity index is 0.00000304. The maximum absolute atomic E-state index is 13.9. The van der Waals surface area contributed by atoms with Crippen LogP contribution in [-0.2, 0) is 0 Å². The van der Waals surface area contributed by atoms with Crippen LogP contribution in [0.15, 0.2) is 97.2 Å². The average Bonchev–Trinajstić information content (AvgIpc) is 3.32. The van der Waals surface area contributed by atoms with Crippen LogP contribution < -0.4 is 0 Å². The van der Waals surface area contributed by atoms with Crippen LogP contribution in [0, 0.1) is 5.82 Å². The Kier molecular flexibility index (Phi) is 7.24. The SMILES string of the molecule is Cl.O=C(/C(=C(/O)c1cccc(C(O)c2ccccn2)c1)c1nc2ccccc2[nH]1)c1cccc(F)c1. The van der Waals surface area contributed by atoms with Gasteiger partial charge in [-0.15, -0.1) is 12.4 Å². The maximum Gasteiger partial charge on any atom is 0.200 e. The highest BCUT2D eigenvalue weighted by molar-refractivity contribution is 6.33. The minimum Gasteiger partial charge on any atom is -0.506 e. The van der Waals surface area contributed by atoms with Crippen molar-refractivity contribution in [3.63, 3.8) is 0 Å². The molecule has 0 fully saturated rings. The summed E-state index contributed by atoms with van der Waals surface area (Å²) in [7, 11) is 0. The molecule has 3 aromatic carbocycles. The van der Waals surface area contributed by atoms with E-state index < -0.39 is 17.7 Å². The number of nitrogens with one attached hydrogen (secondary N) is 1. The number of aliphatic hydroxyl groups excluding tert-OH is 2. The smallest absolute Gasteiger partial charge is 0.200 e. The van der Waals surface area contributed by atoms with Crippen molar-refractivity contribution in [2.45, 2.75) is 6.10 Å². The number of carbonyl (C=O) groups is 1. The third-order valence-corrected chi connectivity index (χ3v) is 5.62. The summed E-state index contributed by atoms with van der Waals surface area (Å²) in [6, 6.07) is 24.2. The van der Waals surface area contributed by atoms with Crippen LogP contribution in [0.5, 0.6) is 0 Å². The van der Waals surface area contributed by atoms with Gasteiger partial charge in [0.25, 0.3) is 0 Å². The summed E-state index contributed by atoms with van der Waals surface area (Å²) < 4.78 is 13.9. The predicted molar refractivity (Wildman–Crippen MR) is 138 cm³/mol. The molecule has 0 aliphatic heterocycles. The van der Waals surface area contributed by atoms with Crippen LogP contribution in [0.2, 0.25) is 0 Å². The van der Waals surface area contributed by atoms with Crippen molar-refractivity contribution in [1.29, 1.82) is 0 Å². The lowest BCUT2D eigenvalue weighted by Crippen LogP contribution is -2.08. The molecule has 0 aliphatic carbocycles. The molecule has 5 aromatic rings. The third kappa shape index (κ3) is 4.88. The van der Waals surface area contributed by atoms with E-state index >= 15 is 0 Å². The first kappa shape index (κ1) is 24.8. The number of H-pyrrole nitrogens is 1. The minimum atomic E-state index is -1.03. The zero-order valence-electron chi connectivity index (χ0n) is 18.8. The van der Waals surface area contributed by atoms with Crippen LogP contribution >= 0.6 is 12.4 Å². The van der Waals surface area contributed by atoms with E-state index in [4.69, 9.17) is 0 Å². The summed E-state index contributed by atoms with van der Waals surface area (Å²) in [6.07, 6.45) is 0.550. The summed E-state index contributed by atoms with van der Waals surface area (Å²) in [5, 5.41) is 22.1. The monoisotopic (exact) mass is 501 g/mol. The lowest BCUT2D eigenvalue weighted by Gasteiger charge is -2.13. The van der Waals surface area contributed by atoms with Crippen molar-refractivity contribution in [3.8, 4) is 0 Å². The molecule has 0 saturated carbocycles. The highest BCUT2D eigenvalue weighted by atomic mass is 35.5. The number of halogens is 2. The number of carbonyl (C=O) groups excluding carboxylic acids is 1. The van der Waals surface area contributed by atoms with Gasteiger partial charge in [-0.3, -0.25) is 9.78 Å². The zero-order chi connectivity index (χ0) is 24.4. The molecule has 0 saturated heterocycles. The van der Waals surface area contributed by atoms with Gasteiger partial charge in [-0.2, -0.15) is 0 Å². The quantitative estimate of drug-likeness (QED) is 0.153. The number of allylic oxidation sites excluding steroid dienone is 1. The molecule has 1 unspecified atom stereocenters. The molecule has 2 heterocycles. The van der Waals surface area contributed by atoms with Crippen molar-refractivity contribution in [3.05, 3.63) is 131 Å². The van der Waals surface area contributed by atoms with Gasteiger partial charge < -0.3 is 15.2 Å². The van der Waals surface area contributed by atoms with E-state index in [1.54, 1.807) is 60.8 Å². The number of pyridine rings is 1. The molecular weight excluding hydrogens is 481 g/mol. The first-order chi connectivity index (χ1) is 17.0. The van der Waals surface area contributed by atoms with Crippen molar-refractivity contribution in [2.24, 2.45) is 0 Å². The second kappa shape index (κ2) is 10.5. The molecule has 36 heavy (non-hydrogen) atoms. The molecule has 0 spiro atoms. The number of hydrogen-bond donors (Lipinski definition) is 3. The number of benzene rings is 3. The minimum absolute atomic E-state index is 0. The molecule has 2 aromatic heterocycles. The number of ketones is 1. The summed E-state index contributed by atoms with van der Waals surface area (Å²) in [6.45, 7) is 0. The van der Waals surface area contributed by atoms with Crippen molar-refractivity contribution < 1.29 is 19.4 Å². The van der Waals surface area contributed by atoms with E-state index in [1.165, 1.54) is 18.2 Å². The number of Topliss-reactive ketones (excluding diaryl/α,β-unsaturated/α-hetero) is 1. The van der Waals surface area contributed by atoms with Gasteiger partial charge in [0.15, 0.2) is 0 Å². The molecule has 8 heteroatoms. The van der Waals surface area contributed by atoms with Gasteiger partial charge in [-0.1, -0.05) is 48.5 Å². The fraction of sp³-hybridized carbons (Fsp3) is 0.0357. The van der Waals surface area contributed by atoms with E-state index in [0.29, 0.717) is 22.3 Å². The van der Waals surface area contributed by atoms with Crippen molar-refractivity contribution in [1.82, 2.24) is 15.0 Å². The Bertz CT molecular complexity index is 1530. The number of para-hydroxylation sites is 2. The molecule has 0 amide bonds. The number of aromatic amines is 1. The van der Waals surface area contributed by atoms with Crippen LogP contribution in [0.1, 0.15) is 39.1 Å². The van der Waals surface area contributed by atoms with E-state index in [1.807, 2.05) is 12.1 Å². The van der Waals surface area contributed by atoms with E-state index in [-0.39, 0.29) is 40.7 Å². The van der Waals surface area contributed by atoms with Crippen molar-refractivity contribution >= 4 is 40.6 Å². The molecular formula is C28H21ClFN3O3. The number of hydrogen-bond acceptors (Lipinski definition) is 5. The van der Waals surface area contributed by atoms with E-state index in [9.17, 15) is 19.4 Å².